The van der Waals surface area contributed by atoms with Crippen LogP contribution in [0.5, 0.6) is 0 Å². The summed E-state index contributed by atoms with van der Waals surface area (Å²) < 4.78 is 27.4. The summed E-state index contributed by atoms with van der Waals surface area (Å²) in [6.07, 6.45) is 1.66. The van der Waals surface area contributed by atoms with Crippen LogP contribution in [-0.4, -0.2) is 54.1 Å². The Morgan fingerprint density at radius 2 is 1.67 bits per heavy atom. The number of rotatable bonds is 6. The average Bonchev–Trinajstić information content (AvgIpc) is 3.57. The molecule has 4 rings (SSSR count). The molecule has 0 aromatic heterocycles. The van der Waals surface area contributed by atoms with Crippen molar-refractivity contribution in [2.75, 3.05) is 13.1 Å². The summed E-state index contributed by atoms with van der Waals surface area (Å²) in [7, 11) is -3.89. The van der Waals surface area contributed by atoms with E-state index in [0.717, 1.165) is 22.7 Å². The van der Waals surface area contributed by atoms with Crippen molar-refractivity contribution >= 4 is 21.8 Å². The lowest BCUT2D eigenvalue weighted by molar-refractivity contribution is -0.153. The SMILES string of the molecule is CC1(C(=O)NCc2ccccc2)CN(S(=O)(=O)c2ccccc2)CC(=O)N1C1CC1. The number of carbonyl (C=O) groups is 2. The van der Waals surface area contributed by atoms with Crippen LogP contribution in [0.2, 0.25) is 0 Å². The Hall–Kier alpha value is -2.71. The van der Waals surface area contributed by atoms with E-state index < -0.39 is 15.6 Å². The van der Waals surface area contributed by atoms with Crippen LogP contribution in [0.3, 0.4) is 0 Å². The summed E-state index contributed by atoms with van der Waals surface area (Å²) in [5, 5.41) is 2.90. The van der Waals surface area contributed by atoms with E-state index in [-0.39, 0.29) is 35.8 Å². The van der Waals surface area contributed by atoms with Crippen LogP contribution in [0.15, 0.2) is 65.6 Å². The number of nitrogens with zero attached hydrogens (tertiary/aromatic N) is 2. The third-order valence-electron chi connectivity index (χ3n) is 5.67. The summed E-state index contributed by atoms with van der Waals surface area (Å²) >= 11 is 0. The highest BCUT2D eigenvalue weighted by Crippen LogP contribution is 2.37. The maximum atomic E-state index is 13.3. The van der Waals surface area contributed by atoms with E-state index in [1.165, 1.54) is 12.1 Å². The van der Waals surface area contributed by atoms with Crippen LogP contribution in [0, 0.1) is 0 Å². The van der Waals surface area contributed by atoms with Crippen molar-refractivity contribution < 1.29 is 18.0 Å². The molecular weight excluding hydrogens is 402 g/mol. The first-order chi connectivity index (χ1) is 14.3. The van der Waals surface area contributed by atoms with Crippen LogP contribution < -0.4 is 5.32 Å². The minimum Gasteiger partial charge on any atom is -0.350 e. The molecule has 1 N–H and O–H groups in total. The van der Waals surface area contributed by atoms with Gasteiger partial charge in [0.1, 0.15) is 5.54 Å². The fourth-order valence-electron chi connectivity index (χ4n) is 3.98. The molecular formula is C22H25N3O4S. The largest absolute Gasteiger partial charge is 0.350 e. The first kappa shape index (κ1) is 20.6. The molecule has 2 aromatic rings. The maximum Gasteiger partial charge on any atom is 0.247 e. The molecule has 2 aromatic carbocycles. The van der Waals surface area contributed by atoms with Gasteiger partial charge in [-0.05, 0) is 37.5 Å². The molecule has 1 heterocycles. The molecule has 1 aliphatic carbocycles. The molecule has 0 spiro atoms. The first-order valence-corrected chi connectivity index (χ1v) is 11.5. The molecule has 1 saturated carbocycles. The van der Waals surface area contributed by atoms with Crippen LogP contribution in [0.4, 0.5) is 0 Å². The van der Waals surface area contributed by atoms with Crippen molar-refractivity contribution in [1.82, 2.24) is 14.5 Å². The topological polar surface area (TPSA) is 86.8 Å². The van der Waals surface area contributed by atoms with Crippen molar-refractivity contribution in [1.29, 1.82) is 0 Å². The van der Waals surface area contributed by atoms with Gasteiger partial charge in [-0.15, -0.1) is 0 Å². The normalized spacial score (nSPS) is 22.7. The van der Waals surface area contributed by atoms with Crippen LogP contribution in [0.25, 0.3) is 0 Å². The minimum absolute atomic E-state index is 0.00782. The standard InChI is InChI=1S/C22H25N3O4S/c1-22(21(27)23-14-17-8-4-2-5-9-17)16-24(15-20(26)25(22)18-12-13-18)30(28,29)19-10-6-3-7-11-19/h2-11,18H,12-16H2,1H3,(H,23,27). The summed E-state index contributed by atoms with van der Waals surface area (Å²) in [5.41, 5.74) is -0.337. The fourth-order valence-corrected chi connectivity index (χ4v) is 5.48. The molecule has 2 aliphatic rings. The van der Waals surface area contributed by atoms with E-state index in [2.05, 4.69) is 5.32 Å². The molecule has 1 aliphatic heterocycles. The summed E-state index contributed by atoms with van der Waals surface area (Å²) in [6.45, 7) is 1.64. The zero-order chi connectivity index (χ0) is 21.4. The van der Waals surface area contributed by atoms with Crippen molar-refractivity contribution in [3.05, 3.63) is 66.2 Å². The Balaban J connectivity index is 1.61. The van der Waals surface area contributed by atoms with Gasteiger partial charge in [0.15, 0.2) is 0 Å². The molecule has 158 valence electrons. The van der Waals surface area contributed by atoms with Gasteiger partial charge < -0.3 is 10.2 Å². The Labute approximate surface area is 176 Å². The number of benzene rings is 2. The minimum atomic E-state index is -3.89. The van der Waals surface area contributed by atoms with E-state index in [1.807, 2.05) is 30.3 Å². The van der Waals surface area contributed by atoms with Crippen molar-refractivity contribution in [2.24, 2.45) is 0 Å². The van der Waals surface area contributed by atoms with Gasteiger partial charge in [0.25, 0.3) is 0 Å². The number of hydrogen-bond donors (Lipinski definition) is 1. The summed E-state index contributed by atoms with van der Waals surface area (Å²) in [6, 6.07) is 17.5. The Morgan fingerprint density at radius 3 is 2.27 bits per heavy atom. The van der Waals surface area contributed by atoms with Gasteiger partial charge in [0.2, 0.25) is 21.8 Å². The van der Waals surface area contributed by atoms with Gasteiger partial charge in [-0.25, -0.2) is 8.42 Å². The lowest BCUT2D eigenvalue weighted by Gasteiger charge is -2.47. The average molecular weight is 428 g/mol. The predicted molar refractivity (Wildman–Crippen MR) is 112 cm³/mol. The molecule has 2 fully saturated rings. The lowest BCUT2D eigenvalue weighted by atomic mass is 9.95. The monoisotopic (exact) mass is 427 g/mol. The second-order valence-corrected chi connectivity index (χ2v) is 9.96. The van der Waals surface area contributed by atoms with E-state index in [4.69, 9.17) is 0 Å². The Morgan fingerprint density at radius 1 is 1.07 bits per heavy atom. The van der Waals surface area contributed by atoms with E-state index in [0.29, 0.717) is 6.54 Å². The number of amides is 2. The quantitative estimate of drug-likeness (QED) is 0.761. The molecule has 8 heteroatoms. The van der Waals surface area contributed by atoms with Crippen LogP contribution >= 0.6 is 0 Å². The summed E-state index contributed by atoms with van der Waals surface area (Å²) in [4.78, 5) is 28.0. The maximum absolute atomic E-state index is 13.3. The zero-order valence-corrected chi connectivity index (χ0v) is 17.6. The van der Waals surface area contributed by atoms with Gasteiger partial charge in [-0.1, -0.05) is 48.5 Å². The molecule has 1 unspecified atom stereocenters. The van der Waals surface area contributed by atoms with Crippen LogP contribution in [-0.2, 0) is 26.2 Å². The summed E-state index contributed by atoms with van der Waals surface area (Å²) in [5.74, 6) is -0.680. The van der Waals surface area contributed by atoms with Gasteiger partial charge in [-0.3, -0.25) is 9.59 Å². The second-order valence-electron chi connectivity index (χ2n) is 8.02. The highest BCUT2D eigenvalue weighted by atomic mass is 32.2. The van der Waals surface area contributed by atoms with E-state index in [9.17, 15) is 18.0 Å². The second kappa shape index (κ2) is 7.85. The Kier molecular flexibility index (Phi) is 5.38. The molecule has 7 nitrogen and oxygen atoms in total. The fraction of sp³-hybridized carbons (Fsp3) is 0.364. The molecule has 1 atom stereocenters. The van der Waals surface area contributed by atoms with Gasteiger partial charge in [0.05, 0.1) is 11.4 Å². The molecule has 2 amide bonds. The number of sulfonamides is 1. The molecule has 1 saturated heterocycles. The first-order valence-electron chi connectivity index (χ1n) is 10.0. The van der Waals surface area contributed by atoms with Gasteiger partial charge in [0, 0.05) is 19.1 Å². The van der Waals surface area contributed by atoms with Crippen molar-refractivity contribution in [3.8, 4) is 0 Å². The third kappa shape index (κ3) is 3.85. The predicted octanol–water partition coefficient (Wildman–Crippen LogP) is 1.76. The molecule has 30 heavy (non-hydrogen) atoms. The lowest BCUT2D eigenvalue weighted by Crippen LogP contribution is -2.70. The number of hydrogen-bond acceptors (Lipinski definition) is 4. The van der Waals surface area contributed by atoms with Gasteiger partial charge >= 0.3 is 0 Å². The van der Waals surface area contributed by atoms with Crippen molar-refractivity contribution in [3.63, 3.8) is 0 Å². The smallest absolute Gasteiger partial charge is 0.247 e. The Bertz CT molecular complexity index is 1040. The van der Waals surface area contributed by atoms with Crippen LogP contribution in [0.1, 0.15) is 25.3 Å². The third-order valence-corrected chi connectivity index (χ3v) is 7.48. The van der Waals surface area contributed by atoms with E-state index in [1.54, 1.807) is 30.0 Å². The highest BCUT2D eigenvalue weighted by Gasteiger charge is 2.54. The van der Waals surface area contributed by atoms with Gasteiger partial charge in [-0.2, -0.15) is 4.31 Å². The molecule has 0 radical (unpaired) electrons. The number of carbonyl (C=O) groups excluding carboxylic acids is 2. The highest BCUT2D eigenvalue weighted by molar-refractivity contribution is 7.89. The zero-order valence-electron chi connectivity index (χ0n) is 16.8. The molecule has 0 bridgehead atoms. The van der Waals surface area contributed by atoms with Crippen molar-refractivity contribution in [2.45, 2.75) is 42.8 Å². The van der Waals surface area contributed by atoms with E-state index >= 15 is 0 Å². The number of piperazine rings is 1. The number of nitrogens with one attached hydrogen (secondary N) is 1.